The van der Waals surface area contributed by atoms with Crippen molar-refractivity contribution >= 4 is 39.0 Å². The molecule has 0 amide bonds. The van der Waals surface area contributed by atoms with E-state index < -0.39 is 16.0 Å². The summed E-state index contributed by atoms with van der Waals surface area (Å²) in [4.78, 5) is 14.3. The quantitative estimate of drug-likeness (QED) is 0.581. The number of aromatic carboxylic acids is 1. The highest BCUT2D eigenvalue weighted by atomic mass is 35.5. The molecule has 9 heteroatoms. The molecule has 0 aliphatic carbocycles. The Labute approximate surface area is 125 Å². The van der Waals surface area contributed by atoms with Crippen molar-refractivity contribution in [2.45, 2.75) is 4.90 Å². The molecule has 0 aliphatic rings. The summed E-state index contributed by atoms with van der Waals surface area (Å²) in [6.45, 7) is 0. The number of carbonyl (C=O) groups is 1. The smallest absolute Gasteiger partial charge is 0.335 e. The highest BCUT2D eigenvalue weighted by Gasteiger charge is 2.20. The van der Waals surface area contributed by atoms with Crippen molar-refractivity contribution in [2.24, 2.45) is 0 Å². The Morgan fingerprint density at radius 3 is 2.62 bits per heavy atom. The summed E-state index contributed by atoms with van der Waals surface area (Å²) >= 11 is 5.78. The number of rotatable bonds is 4. The SMILES string of the molecule is Nc1cc(C(=O)O)ccc1S(=O)(=O)Nc1cccnc1Cl. The molecule has 2 rings (SSSR count). The first-order valence-corrected chi connectivity index (χ1v) is 7.43. The molecule has 0 atom stereocenters. The maximum Gasteiger partial charge on any atom is 0.335 e. The van der Waals surface area contributed by atoms with Gasteiger partial charge in [-0.15, -0.1) is 0 Å². The number of halogens is 1. The normalized spacial score (nSPS) is 11.1. The number of sulfonamides is 1. The van der Waals surface area contributed by atoms with Gasteiger partial charge >= 0.3 is 5.97 Å². The third kappa shape index (κ3) is 3.23. The maximum absolute atomic E-state index is 12.2. The van der Waals surface area contributed by atoms with Crippen molar-refractivity contribution in [1.82, 2.24) is 4.98 Å². The van der Waals surface area contributed by atoms with E-state index in [0.717, 1.165) is 18.2 Å². The van der Waals surface area contributed by atoms with Crippen LogP contribution in [0.4, 0.5) is 11.4 Å². The first-order valence-electron chi connectivity index (χ1n) is 5.57. The summed E-state index contributed by atoms with van der Waals surface area (Å²) in [5, 5.41) is 8.82. The molecule has 0 radical (unpaired) electrons. The molecule has 1 aromatic carbocycles. The fourth-order valence-corrected chi connectivity index (χ4v) is 2.99. The van der Waals surface area contributed by atoms with Crippen LogP contribution < -0.4 is 10.5 Å². The second-order valence-electron chi connectivity index (χ2n) is 4.01. The number of anilines is 2. The molecule has 110 valence electrons. The first kappa shape index (κ1) is 15.1. The van der Waals surface area contributed by atoms with Gasteiger partial charge in [-0.05, 0) is 30.3 Å². The van der Waals surface area contributed by atoms with Crippen LogP contribution in [0.2, 0.25) is 5.15 Å². The van der Waals surface area contributed by atoms with E-state index in [1.165, 1.54) is 18.3 Å². The first-order chi connectivity index (χ1) is 9.81. The van der Waals surface area contributed by atoms with Crippen molar-refractivity contribution in [3.05, 3.63) is 47.2 Å². The maximum atomic E-state index is 12.2. The van der Waals surface area contributed by atoms with Gasteiger partial charge in [0.15, 0.2) is 5.15 Å². The molecule has 2 aromatic rings. The van der Waals surface area contributed by atoms with Gasteiger partial charge in [-0.1, -0.05) is 11.6 Å². The van der Waals surface area contributed by atoms with Gasteiger partial charge in [-0.25, -0.2) is 18.2 Å². The Hall–Kier alpha value is -2.32. The fraction of sp³-hybridized carbons (Fsp3) is 0. The highest BCUT2D eigenvalue weighted by molar-refractivity contribution is 7.92. The zero-order valence-electron chi connectivity index (χ0n) is 10.4. The summed E-state index contributed by atoms with van der Waals surface area (Å²) in [6, 6.07) is 6.29. The second kappa shape index (κ2) is 5.58. The van der Waals surface area contributed by atoms with Crippen LogP contribution >= 0.6 is 11.6 Å². The molecular weight excluding hydrogens is 318 g/mol. The van der Waals surface area contributed by atoms with Gasteiger partial charge in [0.25, 0.3) is 10.0 Å². The largest absolute Gasteiger partial charge is 0.478 e. The average molecular weight is 328 g/mol. The minimum atomic E-state index is -4.00. The number of carboxylic acids is 1. The zero-order chi connectivity index (χ0) is 15.6. The van der Waals surface area contributed by atoms with Crippen molar-refractivity contribution in [3.63, 3.8) is 0 Å². The third-order valence-electron chi connectivity index (χ3n) is 2.55. The van der Waals surface area contributed by atoms with Crippen molar-refractivity contribution < 1.29 is 18.3 Å². The molecule has 0 fully saturated rings. The number of aromatic nitrogens is 1. The van der Waals surface area contributed by atoms with E-state index in [-0.39, 0.29) is 27.0 Å². The number of nitrogen functional groups attached to an aromatic ring is 1. The van der Waals surface area contributed by atoms with Crippen molar-refractivity contribution in [2.75, 3.05) is 10.5 Å². The van der Waals surface area contributed by atoms with E-state index in [2.05, 4.69) is 9.71 Å². The molecule has 1 heterocycles. The van der Waals surface area contributed by atoms with E-state index in [4.69, 9.17) is 22.4 Å². The van der Waals surface area contributed by atoms with Crippen LogP contribution in [0.15, 0.2) is 41.4 Å². The lowest BCUT2D eigenvalue weighted by Crippen LogP contribution is -2.15. The van der Waals surface area contributed by atoms with Crippen LogP contribution in [0.5, 0.6) is 0 Å². The molecule has 4 N–H and O–H groups in total. The number of nitrogens with zero attached hydrogens (tertiary/aromatic N) is 1. The van der Waals surface area contributed by atoms with E-state index in [1.54, 1.807) is 0 Å². The van der Waals surface area contributed by atoms with Gasteiger partial charge in [0, 0.05) is 6.20 Å². The summed E-state index contributed by atoms with van der Waals surface area (Å²) < 4.78 is 26.7. The topological polar surface area (TPSA) is 122 Å². The van der Waals surface area contributed by atoms with Crippen molar-refractivity contribution in [1.29, 1.82) is 0 Å². The van der Waals surface area contributed by atoms with E-state index in [0.29, 0.717) is 0 Å². The molecule has 0 saturated carbocycles. The fourth-order valence-electron chi connectivity index (χ4n) is 1.59. The van der Waals surface area contributed by atoms with E-state index in [9.17, 15) is 13.2 Å². The van der Waals surface area contributed by atoms with Gasteiger partial charge in [-0.2, -0.15) is 0 Å². The van der Waals surface area contributed by atoms with Gasteiger partial charge in [-0.3, -0.25) is 4.72 Å². The number of pyridine rings is 1. The molecular formula is C12H10ClN3O4S. The van der Waals surface area contributed by atoms with Crippen LogP contribution in [0.25, 0.3) is 0 Å². The third-order valence-corrected chi connectivity index (χ3v) is 4.29. The summed E-state index contributed by atoms with van der Waals surface area (Å²) in [5.74, 6) is -1.20. The molecule has 0 unspecified atom stereocenters. The lowest BCUT2D eigenvalue weighted by Gasteiger charge is -2.11. The Balaban J connectivity index is 2.41. The number of hydrogen-bond acceptors (Lipinski definition) is 5. The predicted octanol–water partition coefficient (Wildman–Crippen LogP) is 1.82. The molecule has 0 saturated heterocycles. The lowest BCUT2D eigenvalue weighted by atomic mass is 10.2. The zero-order valence-corrected chi connectivity index (χ0v) is 12.0. The van der Waals surface area contributed by atoms with Crippen LogP contribution in [0.3, 0.4) is 0 Å². The standard InChI is InChI=1S/C12H10ClN3O4S/c13-11-9(2-1-5-15-11)16-21(19,20)10-4-3-7(12(17)18)6-8(10)14/h1-6,16H,14H2,(H,17,18). The molecule has 21 heavy (non-hydrogen) atoms. The van der Waals surface area contributed by atoms with Gasteiger partial charge in [0.05, 0.1) is 16.9 Å². The Morgan fingerprint density at radius 2 is 2.05 bits per heavy atom. The molecule has 0 spiro atoms. The Kier molecular flexibility index (Phi) is 4.01. The molecule has 1 aromatic heterocycles. The van der Waals surface area contributed by atoms with Gasteiger partial charge < -0.3 is 10.8 Å². The summed E-state index contributed by atoms with van der Waals surface area (Å²) in [6.07, 6.45) is 1.41. The number of nitrogens with one attached hydrogen (secondary N) is 1. The van der Waals surface area contributed by atoms with E-state index >= 15 is 0 Å². The summed E-state index contributed by atoms with van der Waals surface area (Å²) in [7, 11) is -4.00. The highest BCUT2D eigenvalue weighted by Crippen LogP contribution is 2.25. The van der Waals surface area contributed by atoms with Crippen LogP contribution in [0.1, 0.15) is 10.4 Å². The minimum absolute atomic E-state index is 0.0122. The van der Waals surface area contributed by atoms with E-state index in [1.807, 2.05) is 0 Å². The number of nitrogens with two attached hydrogens (primary N) is 1. The molecule has 7 nitrogen and oxygen atoms in total. The number of carboxylic acid groups (broad SMARTS) is 1. The Bertz CT molecular complexity index is 808. The van der Waals surface area contributed by atoms with Crippen LogP contribution in [0, 0.1) is 0 Å². The molecule has 0 aliphatic heterocycles. The lowest BCUT2D eigenvalue weighted by molar-refractivity contribution is 0.0697. The second-order valence-corrected chi connectivity index (χ2v) is 6.01. The minimum Gasteiger partial charge on any atom is -0.478 e. The molecule has 0 bridgehead atoms. The van der Waals surface area contributed by atoms with Crippen molar-refractivity contribution in [3.8, 4) is 0 Å². The summed E-state index contributed by atoms with van der Waals surface area (Å²) in [5.41, 5.74) is 5.42. The number of hydrogen-bond donors (Lipinski definition) is 3. The van der Waals surface area contributed by atoms with Gasteiger partial charge in [0.1, 0.15) is 4.90 Å². The van der Waals surface area contributed by atoms with Crippen LogP contribution in [-0.2, 0) is 10.0 Å². The average Bonchev–Trinajstić information content (AvgIpc) is 2.40. The van der Waals surface area contributed by atoms with Crippen LogP contribution in [-0.4, -0.2) is 24.5 Å². The Morgan fingerprint density at radius 1 is 1.33 bits per heavy atom. The number of benzene rings is 1. The predicted molar refractivity (Wildman–Crippen MR) is 77.9 cm³/mol. The van der Waals surface area contributed by atoms with Gasteiger partial charge in [0.2, 0.25) is 0 Å². The monoisotopic (exact) mass is 327 g/mol.